The zero-order chi connectivity index (χ0) is 16.1. The second kappa shape index (κ2) is 4.81. The molecule has 0 fully saturated rings. The van der Waals surface area contributed by atoms with Crippen molar-refractivity contribution < 1.29 is 4.68 Å². The fourth-order valence-corrected chi connectivity index (χ4v) is 3.53. The monoisotopic (exact) mass is 308 g/mol. The average Bonchev–Trinajstić information content (AvgIpc) is 3.16. The Balaban J connectivity index is 1.73. The molecular weight excluding hydrogens is 294 g/mol. The molecule has 0 bridgehead atoms. The zero-order valence-electron chi connectivity index (χ0n) is 13.0. The Morgan fingerprint density at radius 1 is 0.917 bits per heavy atom. The second-order valence-corrected chi connectivity index (χ2v) is 6.10. The molecule has 1 aliphatic heterocycles. The van der Waals surface area contributed by atoms with Crippen LogP contribution in [0.25, 0.3) is 32.6 Å². The minimum Gasteiger partial charge on any atom is -0.238 e. The van der Waals surface area contributed by atoms with Crippen molar-refractivity contribution in [2.45, 2.75) is 6.54 Å². The van der Waals surface area contributed by atoms with Crippen LogP contribution in [0, 0.1) is 6.57 Å². The number of rotatable bonds is 1. The van der Waals surface area contributed by atoms with Crippen LogP contribution in [0.2, 0.25) is 0 Å². The van der Waals surface area contributed by atoms with Crippen molar-refractivity contribution in [1.82, 2.24) is 4.68 Å². The highest BCUT2D eigenvalue weighted by Crippen LogP contribution is 2.30. The molecule has 24 heavy (non-hydrogen) atoms. The standard InChI is InChI=1S/C21H14N3/c1-22-19-9-10-20-18(11-19)14-23-13-17-8-7-16(12-21(17)24(20)23)15-5-3-2-4-6-15/h2-12,14H,13H2/q+1. The van der Waals surface area contributed by atoms with Gasteiger partial charge in [-0.15, -0.1) is 9.36 Å². The van der Waals surface area contributed by atoms with E-state index >= 15 is 0 Å². The van der Waals surface area contributed by atoms with E-state index in [1.165, 1.54) is 22.4 Å². The van der Waals surface area contributed by atoms with Crippen LogP contribution in [0.3, 0.4) is 0 Å². The normalized spacial score (nSPS) is 12.0. The van der Waals surface area contributed by atoms with Crippen molar-refractivity contribution in [1.29, 1.82) is 0 Å². The summed E-state index contributed by atoms with van der Waals surface area (Å²) in [5.74, 6) is 0. The van der Waals surface area contributed by atoms with Crippen LogP contribution in [0.15, 0.2) is 72.9 Å². The van der Waals surface area contributed by atoms with E-state index < -0.39 is 0 Å². The zero-order valence-corrected chi connectivity index (χ0v) is 13.0. The van der Waals surface area contributed by atoms with Crippen molar-refractivity contribution in [3.05, 3.63) is 89.9 Å². The third kappa shape index (κ3) is 1.80. The SMILES string of the molecule is [C-]#[N+]c1ccc2c(c1)c[n+]1n2-c2cc(-c3ccccc3)ccc2C1. The minimum absolute atomic E-state index is 0.686. The van der Waals surface area contributed by atoms with Gasteiger partial charge in [0.1, 0.15) is 11.2 Å². The van der Waals surface area contributed by atoms with E-state index in [1.807, 2.05) is 24.3 Å². The number of benzene rings is 3. The van der Waals surface area contributed by atoms with Crippen LogP contribution in [0.1, 0.15) is 5.56 Å². The van der Waals surface area contributed by atoms with Gasteiger partial charge in [-0.25, -0.2) is 4.85 Å². The van der Waals surface area contributed by atoms with Gasteiger partial charge in [-0.05, 0) is 35.4 Å². The maximum Gasteiger partial charge on any atom is 0.203 e. The van der Waals surface area contributed by atoms with E-state index in [0.717, 1.165) is 17.4 Å². The molecule has 112 valence electrons. The predicted molar refractivity (Wildman–Crippen MR) is 94.3 cm³/mol. The van der Waals surface area contributed by atoms with Crippen LogP contribution in [-0.2, 0) is 6.54 Å². The lowest BCUT2D eigenvalue weighted by Gasteiger charge is -2.04. The number of aromatic nitrogens is 2. The highest BCUT2D eigenvalue weighted by Gasteiger charge is 2.28. The molecule has 4 aromatic rings. The summed E-state index contributed by atoms with van der Waals surface area (Å²) in [6, 6.07) is 23.0. The van der Waals surface area contributed by atoms with Crippen LogP contribution >= 0.6 is 0 Å². The van der Waals surface area contributed by atoms with Crippen LogP contribution in [0.5, 0.6) is 0 Å². The van der Waals surface area contributed by atoms with E-state index in [2.05, 4.69) is 62.9 Å². The van der Waals surface area contributed by atoms with Crippen molar-refractivity contribution in [2.75, 3.05) is 0 Å². The molecule has 2 heterocycles. The summed E-state index contributed by atoms with van der Waals surface area (Å²) < 4.78 is 4.47. The topological polar surface area (TPSA) is 13.2 Å². The Morgan fingerprint density at radius 2 is 1.79 bits per heavy atom. The molecule has 5 rings (SSSR count). The summed E-state index contributed by atoms with van der Waals surface area (Å²) in [5.41, 5.74) is 6.83. The lowest BCUT2D eigenvalue weighted by atomic mass is 10.0. The predicted octanol–water partition coefficient (Wildman–Crippen LogP) is 4.50. The van der Waals surface area contributed by atoms with Gasteiger partial charge in [0.05, 0.1) is 12.0 Å². The van der Waals surface area contributed by atoms with Gasteiger partial charge in [-0.1, -0.05) is 42.5 Å². The molecule has 0 saturated carbocycles. The lowest BCUT2D eigenvalue weighted by molar-refractivity contribution is -0.749. The van der Waals surface area contributed by atoms with Crippen molar-refractivity contribution in [2.24, 2.45) is 0 Å². The molecule has 0 saturated heterocycles. The van der Waals surface area contributed by atoms with Gasteiger partial charge in [0, 0.05) is 5.56 Å². The van der Waals surface area contributed by atoms with Crippen LogP contribution in [0.4, 0.5) is 5.69 Å². The molecule has 3 aromatic carbocycles. The maximum atomic E-state index is 7.19. The molecule has 3 nitrogen and oxygen atoms in total. The summed E-state index contributed by atoms with van der Waals surface area (Å²) in [6.45, 7) is 8.06. The van der Waals surface area contributed by atoms with E-state index in [0.29, 0.717) is 5.69 Å². The molecule has 0 atom stereocenters. The van der Waals surface area contributed by atoms with Crippen molar-refractivity contribution >= 4 is 16.6 Å². The Bertz CT molecular complexity index is 1130. The van der Waals surface area contributed by atoms with Crippen molar-refractivity contribution in [3.63, 3.8) is 0 Å². The summed E-state index contributed by atoms with van der Waals surface area (Å²) in [6.07, 6.45) is 2.13. The molecule has 0 spiro atoms. The van der Waals surface area contributed by atoms with Gasteiger partial charge in [0.2, 0.25) is 6.20 Å². The van der Waals surface area contributed by atoms with E-state index in [9.17, 15) is 0 Å². The van der Waals surface area contributed by atoms with Crippen molar-refractivity contribution in [3.8, 4) is 16.8 Å². The van der Waals surface area contributed by atoms with Gasteiger partial charge in [-0.3, -0.25) is 0 Å². The van der Waals surface area contributed by atoms with Gasteiger partial charge in [-0.2, -0.15) is 0 Å². The third-order valence-electron chi connectivity index (χ3n) is 4.67. The maximum absolute atomic E-state index is 7.19. The first-order chi connectivity index (χ1) is 11.8. The smallest absolute Gasteiger partial charge is 0.203 e. The first-order valence-electron chi connectivity index (χ1n) is 7.95. The molecule has 0 radical (unpaired) electrons. The van der Waals surface area contributed by atoms with E-state index in [-0.39, 0.29) is 0 Å². The number of hydrogen-bond acceptors (Lipinski definition) is 0. The average molecular weight is 308 g/mol. The fourth-order valence-electron chi connectivity index (χ4n) is 3.53. The largest absolute Gasteiger partial charge is 0.238 e. The third-order valence-corrected chi connectivity index (χ3v) is 4.67. The quantitative estimate of drug-likeness (QED) is 0.320. The lowest BCUT2D eigenvalue weighted by Crippen LogP contribution is -2.36. The van der Waals surface area contributed by atoms with Gasteiger partial charge in [0.25, 0.3) is 0 Å². The number of nitrogens with zero attached hydrogens (tertiary/aromatic N) is 3. The Morgan fingerprint density at radius 3 is 2.62 bits per heavy atom. The second-order valence-electron chi connectivity index (χ2n) is 6.10. The molecule has 0 amide bonds. The molecule has 3 heteroatoms. The molecular formula is C21H14N3+. The summed E-state index contributed by atoms with van der Waals surface area (Å²) >= 11 is 0. The molecule has 0 N–H and O–H groups in total. The Kier molecular flexibility index (Phi) is 2.62. The number of fused-ring (bicyclic) bond motifs is 5. The first kappa shape index (κ1) is 13.1. The minimum atomic E-state index is 0.686. The summed E-state index contributed by atoms with van der Waals surface area (Å²) in [5, 5.41) is 1.11. The highest BCUT2D eigenvalue weighted by molar-refractivity contribution is 5.84. The van der Waals surface area contributed by atoms with Crippen LogP contribution in [-0.4, -0.2) is 4.68 Å². The van der Waals surface area contributed by atoms with E-state index in [4.69, 9.17) is 6.57 Å². The van der Waals surface area contributed by atoms with Crippen LogP contribution < -0.4 is 4.68 Å². The van der Waals surface area contributed by atoms with E-state index in [1.54, 1.807) is 0 Å². The van der Waals surface area contributed by atoms with Gasteiger partial charge >= 0.3 is 0 Å². The Hall–Kier alpha value is -3.38. The summed E-state index contributed by atoms with van der Waals surface area (Å²) in [7, 11) is 0. The molecule has 1 aromatic heterocycles. The first-order valence-corrected chi connectivity index (χ1v) is 7.95. The summed E-state index contributed by atoms with van der Waals surface area (Å²) in [4.78, 5) is 3.53. The van der Waals surface area contributed by atoms with Gasteiger partial charge in [0.15, 0.2) is 12.2 Å². The highest BCUT2D eigenvalue weighted by atomic mass is 15.4. The molecule has 1 aliphatic rings. The number of hydrogen-bond donors (Lipinski definition) is 0. The Labute approximate surface area is 139 Å². The molecule has 0 unspecified atom stereocenters. The molecule has 0 aliphatic carbocycles. The van der Waals surface area contributed by atoms with Gasteiger partial charge < -0.3 is 0 Å². The fraction of sp³-hybridized carbons (Fsp3) is 0.0476.